The molecule has 1 aromatic heterocycles. The maximum absolute atomic E-state index is 14.8. The number of aromatic hydroxyl groups is 1. The summed E-state index contributed by atoms with van der Waals surface area (Å²) in [5, 5.41) is 25.0. The molecule has 1 aliphatic rings. The van der Waals surface area contributed by atoms with E-state index in [1.807, 2.05) is 39.6 Å². The SMILES string of the molecule is CCCO[C@H](C[C@H](C(C)C)N(CCC)C(=O)[C@@H](NC(=O)[C@H]1CCCCN1C)[C@@H](C)CC)c1nc(C(=O)NC(Cc2ccc(O)cc2)C[C@H](C)C(=O)NCCOCCOCCOCCOCCOCCOCCN=[N+]=[N-])cs1. The van der Waals surface area contributed by atoms with Gasteiger partial charge in [0.2, 0.25) is 17.7 Å². The fraction of sp³-hybridized carbons (Fsp3) is 0.764. The second-order valence-electron chi connectivity index (χ2n) is 20.0. The Morgan fingerprint density at radius 2 is 1.44 bits per heavy atom. The van der Waals surface area contributed by atoms with E-state index in [1.54, 1.807) is 29.6 Å². The molecule has 0 aliphatic carbocycles. The summed E-state index contributed by atoms with van der Waals surface area (Å²) in [5.41, 5.74) is 9.34. The Morgan fingerprint density at radius 3 is 2.00 bits per heavy atom. The molecule has 1 aromatic carbocycles. The number of ether oxygens (including phenoxy) is 7. The van der Waals surface area contributed by atoms with Gasteiger partial charge in [-0.2, -0.15) is 0 Å². The number of azide groups is 1. The predicted molar refractivity (Wildman–Crippen MR) is 297 cm³/mol. The first-order valence-electron chi connectivity index (χ1n) is 28.0. The number of thiazole rings is 1. The maximum Gasteiger partial charge on any atom is 0.270 e. The average molecular weight is 1100 g/mol. The van der Waals surface area contributed by atoms with Gasteiger partial charge < -0.3 is 59.1 Å². The number of carbonyl (C=O) groups is 4. The number of piperidine rings is 1. The van der Waals surface area contributed by atoms with Crippen LogP contribution in [0.5, 0.6) is 5.75 Å². The van der Waals surface area contributed by atoms with Gasteiger partial charge in [-0.15, -0.1) is 11.3 Å². The molecule has 2 heterocycles. The van der Waals surface area contributed by atoms with Gasteiger partial charge in [0.1, 0.15) is 28.6 Å². The Hall–Kier alpha value is -4.48. The van der Waals surface area contributed by atoms with E-state index < -0.39 is 24.1 Å². The third-order valence-electron chi connectivity index (χ3n) is 13.4. The van der Waals surface area contributed by atoms with E-state index in [0.29, 0.717) is 130 Å². The van der Waals surface area contributed by atoms with Crippen LogP contribution in [0.4, 0.5) is 0 Å². The maximum atomic E-state index is 14.8. The molecule has 0 saturated carbocycles. The van der Waals surface area contributed by atoms with Gasteiger partial charge in [-0.3, -0.25) is 24.1 Å². The summed E-state index contributed by atoms with van der Waals surface area (Å²) in [6, 6.07) is 5.15. The van der Waals surface area contributed by atoms with Crippen LogP contribution in [0, 0.1) is 17.8 Å². The zero-order valence-electron chi connectivity index (χ0n) is 47.4. The lowest BCUT2D eigenvalue weighted by Gasteiger charge is -2.40. The third-order valence-corrected chi connectivity index (χ3v) is 14.4. The van der Waals surface area contributed by atoms with Crippen molar-refractivity contribution in [2.45, 2.75) is 137 Å². The number of nitrogens with one attached hydrogen (secondary N) is 3. The predicted octanol–water partition coefficient (Wildman–Crippen LogP) is 6.88. The highest BCUT2D eigenvalue weighted by atomic mass is 32.1. The van der Waals surface area contributed by atoms with Crippen LogP contribution in [0.2, 0.25) is 0 Å². The minimum Gasteiger partial charge on any atom is -0.508 e. The van der Waals surface area contributed by atoms with Crippen LogP contribution in [0.25, 0.3) is 10.4 Å². The van der Waals surface area contributed by atoms with E-state index in [1.165, 1.54) is 11.3 Å². The summed E-state index contributed by atoms with van der Waals surface area (Å²) in [5.74, 6) is -1.11. The number of benzene rings is 1. The number of phenolic OH excluding ortho intramolecular Hbond substituents is 1. The van der Waals surface area contributed by atoms with Gasteiger partial charge in [-0.25, -0.2) is 4.98 Å². The number of aromatic nitrogens is 1. The molecule has 22 heteroatoms. The molecule has 0 radical (unpaired) electrons. The summed E-state index contributed by atoms with van der Waals surface area (Å²) < 4.78 is 39.4. The summed E-state index contributed by atoms with van der Waals surface area (Å²) in [6.45, 7) is 21.4. The van der Waals surface area contributed by atoms with E-state index in [0.717, 1.165) is 50.6 Å². The fourth-order valence-corrected chi connectivity index (χ4v) is 9.75. The van der Waals surface area contributed by atoms with Crippen LogP contribution in [0.3, 0.4) is 0 Å². The van der Waals surface area contributed by atoms with Crippen LogP contribution in [-0.4, -0.2) is 187 Å². The normalized spacial score (nSPS) is 16.2. The van der Waals surface area contributed by atoms with Gasteiger partial charge >= 0.3 is 0 Å². The van der Waals surface area contributed by atoms with Crippen molar-refractivity contribution in [1.29, 1.82) is 0 Å². The third kappa shape index (κ3) is 26.4. The number of phenols is 1. The van der Waals surface area contributed by atoms with Gasteiger partial charge in [0.15, 0.2) is 0 Å². The summed E-state index contributed by atoms with van der Waals surface area (Å²) in [6.07, 6.45) is 5.73. The van der Waals surface area contributed by atoms with E-state index in [2.05, 4.69) is 51.6 Å². The molecule has 2 aromatic rings. The van der Waals surface area contributed by atoms with Crippen molar-refractivity contribution in [2.24, 2.45) is 22.9 Å². The lowest BCUT2D eigenvalue weighted by molar-refractivity contribution is -0.143. The van der Waals surface area contributed by atoms with E-state index in [9.17, 15) is 24.3 Å². The molecule has 0 spiro atoms. The molecule has 77 heavy (non-hydrogen) atoms. The monoisotopic (exact) mass is 1100 g/mol. The molecule has 1 unspecified atom stereocenters. The van der Waals surface area contributed by atoms with Crippen molar-refractivity contribution in [1.82, 2.24) is 30.7 Å². The quantitative estimate of drug-likeness (QED) is 0.0229. The van der Waals surface area contributed by atoms with Crippen molar-refractivity contribution in [3.63, 3.8) is 0 Å². The van der Waals surface area contributed by atoms with Crippen LogP contribution in [0.15, 0.2) is 34.8 Å². The van der Waals surface area contributed by atoms with Gasteiger partial charge in [0.25, 0.3) is 5.91 Å². The number of amides is 4. The Kier molecular flexibility index (Phi) is 34.5. The molecule has 1 aliphatic heterocycles. The largest absolute Gasteiger partial charge is 0.508 e. The molecule has 4 N–H and O–H groups in total. The van der Waals surface area contributed by atoms with Gasteiger partial charge in [-0.1, -0.05) is 78.6 Å². The topological polar surface area (TPSA) is 257 Å². The zero-order chi connectivity index (χ0) is 56.2. The summed E-state index contributed by atoms with van der Waals surface area (Å²) >= 11 is 1.34. The highest BCUT2D eigenvalue weighted by molar-refractivity contribution is 7.09. The second-order valence-corrected chi connectivity index (χ2v) is 20.9. The van der Waals surface area contributed by atoms with Crippen molar-refractivity contribution in [3.8, 4) is 5.75 Å². The minimum atomic E-state index is -0.675. The van der Waals surface area contributed by atoms with Crippen molar-refractivity contribution >= 4 is 35.0 Å². The minimum absolute atomic E-state index is 0.0429. The van der Waals surface area contributed by atoms with Gasteiger partial charge in [0.05, 0.1) is 85.3 Å². The molecule has 1 fully saturated rings. The van der Waals surface area contributed by atoms with Crippen LogP contribution >= 0.6 is 11.3 Å². The molecular formula is C55H93N9O12S. The molecule has 21 nitrogen and oxygen atoms in total. The lowest BCUT2D eigenvalue weighted by atomic mass is 9.92. The van der Waals surface area contributed by atoms with E-state index >= 15 is 0 Å². The number of hydrogen-bond acceptors (Lipinski definition) is 16. The van der Waals surface area contributed by atoms with Crippen LogP contribution in [0.1, 0.15) is 127 Å². The number of hydrogen-bond donors (Lipinski definition) is 4. The highest BCUT2D eigenvalue weighted by Crippen LogP contribution is 2.32. The Balaban J connectivity index is 1.53. The first kappa shape index (κ1) is 66.8. The number of likely N-dealkylation sites (N-methyl/N-ethyl adjacent to an activating group) is 1. The summed E-state index contributed by atoms with van der Waals surface area (Å²) in [4.78, 5) is 67.5. The number of carbonyl (C=O) groups excluding carboxylic acids is 4. The smallest absolute Gasteiger partial charge is 0.270 e. The van der Waals surface area contributed by atoms with Crippen molar-refractivity contribution < 1.29 is 57.4 Å². The lowest BCUT2D eigenvalue weighted by Crippen LogP contribution is -2.58. The number of nitrogens with zero attached hydrogens (tertiary/aromatic N) is 6. The van der Waals surface area contributed by atoms with Crippen LogP contribution in [-0.2, 0) is 54.0 Å². The van der Waals surface area contributed by atoms with E-state index in [-0.39, 0.29) is 59.0 Å². The highest BCUT2D eigenvalue weighted by Gasteiger charge is 2.38. The van der Waals surface area contributed by atoms with Crippen LogP contribution < -0.4 is 16.0 Å². The molecule has 7 atom stereocenters. The molecule has 436 valence electrons. The van der Waals surface area contributed by atoms with E-state index in [4.69, 9.17) is 43.7 Å². The second kappa shape index (κ2) is 39.8. The fourth-order valence-electron chi connectivity index (χ4n) is 8.89. The van der Waals surface area contributed by atoms with Crippen molar-refractivity contribution in [3.05, 3.63) is 56.4 Å². The zero-order valence-corrected chi connectivity index (χ0v) is 48.2. The standard InChI is InChI=1S/C55H93N9O12S/c1-9-21-64(55(69)50(41(6)11-3)61-53(68)47-14-12-13-22-63(47)8)48(40(4)5)38-49(76-23-10-2)54-60-46(39-77-54)52(67)59-44(37-43-15-17-45(65)18-16-43)36-42(7)51(66)57-19-24-70-26-28-72-30-32-74-34-35-75-33-31-73-29-27-71-25-20-58-62-56/h15-18,39-42,44,47-50,65H,9-14,19-38H2,1-8H3,(H,57,66)(H,59,67)(H,61,68)/t41-,42-,44?,47+,48+,49+,50-/m0/s1. The summed E-state index contributed by atoms with van der Waals surface area (Å²) in [7, 11) is 1.98. The molecule has 0 bridgehead atoms. The molecule has 1 saturated heterocycles. The number of rotatable bonds is 43. The molecular weight excluding hydrogens is 1010 g/mol. The van der Waals surface area contributed by atoms with Crippen molar-refractivity contribution in [2.75, 3.05) is 119 Å². The average Bonchev–Trinajstić information content (AvgIpc) is 3.92. The Morgan fingerprint density at radius 1 is 0.831 bits per heavy atom. The van der Waals surface area contributed by atoms with Gasteiger partial charge in [0, 0.05) is 61.0 Å². The van der Waals surface area contributed by atoms with Gasteiger partial charge in [-0.05, 0) is 87.2 Å². The molecule has 3 rings (SSSR count). The number of likely N-dealkylation sites (tertiary alicyclic amines) is 1. The first-order valence-corrected chi connectivity index (χ1v) is 28.8. The Labute approximate surface area is 462 Å². The first-order chi connectivity index (χ1) is 37.2. The Bertz CT molecular complexity index is 1990. The molecule has 4 amide bonds.